The predicted octanol–water partition coefficient (Wildman–Crippen LogP) is -0.191. The number of carbonyl (C=O) groups excluding carboxylic acids is 1. The van der Waals surface area contributed by atoms with Crippen molar-refractivity contribution in [3.05, 3.63) is 0 Å². The van der Waals surface area contributed by atoms with E-state index in [0.717, 1.165) is 6.21 Å². The predicted molar refractivity (Wildman–Crippen MR) is 63.6 cm³/mol. The van der Waals surface area contributed by atoms with Gasteiger partial charge >= 0.3 is 6.03 Å². The van der Waals surface area contributed by atoms with Crippen molar-refractivity contribution < 1.29 is 14.6 Å². The van der Waals surface area contributed by atoms with Crippen LogP contribution in [0.3, 0.4) is 0 Å². The maximum Gasteiger partial charge on any atom is 0.344 e. The van der Waals surface area contributed by atoms with Crippen molar-refractivity contribution in [2.45, 2.75) is 24.7 Å². The first-order valence-electron chi connectivity index (χ1n) is 5.05. The third-order valence-electron chi connectivity index (χ3n) is 2.45. The van der Waals surface area contributed by atoms with Crippen molar-refractivity contribution in [1.82, 2.24) is 5.32 Å². The standard InChI is InChI=1S/C9H15ClN4O3/c10-4-9(5-15)2-1-7(17-9)14-8(16)13-6(12)3-11/h3,7,11,15H,1-2,4-5H2,(H3,12,13,14,16). The van der Waals surface area contributed by atoms with Crippen LogP contribution in [0.1, 0.15) is 12.8 Å². The summed E-state index contributed by atoms with van der Waals surface area (Å²) < 4.78 is 5.45. The van der Waals surface area contributed by atoms with Crippen LogP contribution in [0.5, 0.6) is 0 Å². The Morgan fingerprint density at radius 3 is 3.00 bits per heavy atom. The third kappa shape index (κ3) is 3.65. The molecule has 0 aromatic rings. The molecule has 8 heteroatoms. The van der Waals surface area contributed by atoms with Crippen molar-refractivity contribution in [3.8, 4) is 0 Å². The number of nitrogens with zero attached hydrogens (tertiary/aromatic N) is 1. The number of amides is 2. The number of nitrogens with two attached hydrogens (primary N) is 1. The maximum absolute atomic E-state index is 11.3. The van der Waals surface area contributed by atoms with E-state index in [1.54, 1.807) is 0 Å². The van der Waals surface area contributed by atoms with E-state index in [2.05, 4.69) is 10.3 Å². The number of urea groups is 1. The van der Waals surface area contributed by atoms with Gasteiger partial charge in [-0.2, -0.15) is 4.99 Å². The average molecular weight is 263 g/mol. The molecule has 5 N–H and O–H groups in total. The SMILES string of the molecule is N=CC(N)=NC(=O)NC1CCC(CO)(CCl)O1. The molecule has 7 nitrogen and oxygen atoms in total. The summed E-state index contributed by atoms with van der Waals surface area (Å²) in [7, 11) is 0. The van der Waals surface area contributed by atoms with Crippen molar-refractivity contribution in [2.75, 3.05) is 12.5 Å². The zero-order valence-electron chi connectivity index (χ0n) is 9.15. The molecule has 1 fully saturated rings. The highest BCUT2D eigenvalue weighted by Gasteiger charge is 2.39. The van der Waals surface area contributed by atoms with E-state index in [0.29, 0.717) is 12.8 Å². The lowest BCUT2D eigenvalue weighted by Crippen LogP contribution is -2.40. The second-order valence-electron chi connectivity index (χ2n) is 3.75. The van der Waals surface area contributed by atoms with Gasteiger partial charge in [-0.25, -0.2) is 4.79 Å². The number of aliphatic imine (C=N–C) groups is 1. The molecule has 2 atom stereocenters. The number of halogens is 1. The minimum Gasteiger partial charge on any atom is -0.393 e. The van der Waals surface area contributed by atoms with Gasteiger partial charge in [0.2, 0.25) is 0 Å². The maximum atomic E-state index is 11.3. The van der Waals surface area contributed by atoms with Gasteiger partial charge in [-0.3, -0.25) is 0 Å². The van der Waals surface area contributed by atoms with E-state index >= 15 is 0 Å². The molecule has 0 radical (unpaired) electrons. The molecule has 0 aliphatic carbocycles. The lowest BCUT2D eigenvalue weighted by Gasteiger charge is -2.24. The molecule has 0 saturated carbocycles. The van der Waals surface area contributed by atoms with Gasteiger partial charge in [-0.15, -0.1) is 11.6 Å². The molecule has 1 rings (SSSR count). The monoisotopic (exact) mass is 262 g/mol. The van der Waals surface area contributed by atoms with Crippen LogP contribution in [-0.4, -0.2) is 47.5 Å². The Morgan fingerprint density at radius 1 is 1.82 bits per heavy atom. The van der Waals surface area contributed by atoms with Gasteiger partial charge in [-0.1, -0.05) is 0 Å². The first kappa shape index (κ1) is 13.9. The second kappa shape index (κ2) is 5.95. The molecular formula is C9H15ClN4O3. The molecule has 96 valence electrons. The Bertz CT molecular complexity index is 330. The molecule has 0 bridgehead atoms. The van der Waals surface area contributed by atoms with Crippen LogP contribution in [0.4, 0.5) is 4.79 Å². The largest absolute Gasteiger partial charge is 0.393 e. The summed E-state index contributed by atoms with van der Waals surface area (Å²) in [6.07, 6.45) is 1.32. The highest BCUT2D eigenvalue weighted by Crippen LogP contribution is 2.30. The van der Waals surface area contributed by atoms with E-state index in [1.165, 1.54) is 0 Å². The number of rotatable bonds is 4. The van der Waals surface area contributed by atoms with Crippen molar-refractivity contribution >= 4 is 29.7 Å². The quantitative estimate of drug-likeness (QED) is 0.319. The topological polar surface area (TPSA) is 121 Å². The van der Waals surface area contributed by atoms with Crippen LogP contribution in [-0.2, 0) is 4.74 Å². The normalized spacial score (nSPS) is 29.1. The second-order valence-corrected chi connectivity index (χ2v) is 4.02. The van der Waals surface area contributed by atoms with Crippen molar-refractivity contribution in [2.24, 2.45) is 10.7 Å². The first-order valence-corrected chi connectivity index (χ1v) is 5.58. The molecule has 1 aliphatic heterocycles. The number of hydrogen-bond donors (Lipinski definition) is 4. The van der Waals surface area contributed by atoms with Crippen LogP contribution in [0.15, 0.2) is 4.99 Å². The molecule has 17 heavy (non-hydrogen) atoms. The molecule has 1 heterocycles. The lowest BCUT2D eigenvalue weighted by atomic mass is 10.0. The van der Waals surface area contributed by atoms with Gasteiger partial charge in [0.25, 0.3) is 0 Å². The van der Waals surface area contributed by atoms with Crippen LogP contribution in [0.2, 0.25) is 0 Å². The summed E-state index contributed by atoms with van der Waals surface area (Å²) in [6.45, 7) is -0.200. The Hall–Kier alpha value is -1.18. The zero-order chi connectivity index (χ0) is 12.9. The number of aliphatic hydroxyl groups excluding tert-OH is 1. The number of amidine groups is 1. The third-order valence-corrected chi connectivity index (χ3v) is 2.94. The molecule has 1 aliphatic rings. The highest BCUT2D eigenvalue weighted by molar-refractivity contribution is 6.29. The smallest absolute Gasteiger partial charge is 0.344 e. The fourth-order valence-electron chi connectivity index (χ4n) is 1.49. The van der Waals surface area contributed by atoms with Gasteiger partial charge in [0, 0.05) is 0 Å². The minimum absolute atomic E-state index is 0.155. The van der Waals surface area contributed by atoms with Crippen LogP contribution < -0.4 is 11.1 Å². The highest BCUT2D eigenvalue weighted by atomic mass is 35.5. The molecular weight excluding hydrogens is 248 g/mol. The van der Waals surface area contributed by atoms with E-state index in [4.69, 9.17) is 32.6 Å². The fourth-order valence-corrected chi connectivity index (χ4v) is 1.77. The van der Waals surface area contributed by atoms with Crippen LogP contribution in [0, 0.1) is 5.41 Å². The van der Waals surface area contributed by atoms with Gasteiger partial charge in [0.1, 0.15) is 17.7 Å². The van der Waals surface area contributed by atoms with Crippen molar-refractivity contribution in [1.29, 1.82) is 5.41 Å². The van der Waals surface area contributed by atoms with E-state index in [-0.39, 0.29) is 18.3 Å². The lowest BCUT2D eigenvalue weighted by molar-refractivity contribution is -0.0639. The molecule has 2 amide bonds. The Morgan fingerprint density at radius 2 is 2.53 bits per heavy atom. The Labute approximate surface area is 103 Å². The first-order chi connectivity index (χ1) is 8.05. The summed E-state index contributed by atoms with van der Waals surface area (Å²) in [5, 5.41) is 18.4. The minimum atomic E-state index is -0.795. The number of alkyl halides is 1. The molecule has 0 spiro atoms. The average Bonchev–Trinajstić information content (AvgIpc) is 2.73. The summed E-state index contributed by atoms with van der Waals surface area (Å²) in [6, 6.07) is -0.681. The number of nitrogens with one attached hydrogen (secondary N) is 2. The summed E-state index contributed by atoms with van der Waals surface area (Å²) in [5.41, 5.74) is 4.40. The molecule has 1 saturated heterocycles. The molecule has 0 aromatic heterocycles. The van der Waals surface area contributed by atoms with Gasteiger partial charge in [0.15, 0.2) is 0 Å². The summed E-state index contributed by atoms with van der Waals surface area (Å²) in [5.74, 6) is -0.0341. The summed E-state index contributed by atoms with van der Waals surface area (Å²) in [4.78, 5) is 14.7. The van der Waals surface area contributed by atoms with E-state index < -0.39 is 17.9 Å². The van der Waals surface area contributed by atoms with E-state index in [1.807, 2.05) is 0 Å². The number of ether oxygens (including phenoxy) is 1. The number of aliphatic hydroxyl groups is 1. The van der Waals surface area contributed by atoms with Crippen LogP contribution >= 0.6 is 11.6 Å². The molecule has 0 aromatic carbocycles. The fraction of sp³-hybridized carbons (Fsp3) is 0.667. The van der Waals surface area contributed by atoms with Gasteiger partial charge in [-0.05, 0) is 12.8 Å². The zero-order valence-corrected chi connectivity index (χ0v) is 9.91. The van der Waals surface area contributed by atoms with Crippen LogP contribution in [0.25, 0.3) is 0 Å². The number of hydrogen-bond acceptors (Lipinski definition) is 4. The van der Waals surface area contributed by atoms with E-state index in [9.17, 15) is 4.79 Å². The van der Waals surface area contributed by atoms with Gasteiger partial charge in [0.05, 0.1) is 18.7 Å². The summed E-state index contributed by atoms with van der Waals surface area (Å²) >= 11 is 5.70. The molecule has 2 unspecified atom stereocenters. The number of carbonyl (C=O) groups is 1. The van der Waals surface area contributed by atoms with Crippen molar-refractivity contribution in [3.63, 3.8) is 0 Å². The van der Waals surface area contributed by atoms with Gasteiger partial charge < -0.3 is 26.3 Å². The Balaban J connectivity index is 2.50. The Kier molecular flexibility index (Phi) is 4.86.